The van der Waals surface area contributed by atoms with Crippen molar-refractivity contribution in [3.8, 4) is 6.01 Å². The highest BCUT2D eigenvalue weighted by Crippen LogP contribution is 2.23. The Morgan fingerprint density at radius 2 is 1.84 bits per heavy atom. The van der Waals surface area contributed by atoms with Gasteiger partial charge in [-0.05, 0) is 13.8 Å². The van der Waals surface area contributed by atoms with Crippen molar-refractivity contribution in [1.82, 2.24) is 15.0 Å². The molecule has 19 heavy (non-hydrogen) atoms. The minimum Gasteiger partial charge on any atom is -0.464 e. The van der Waals surface area contributed by atoms with Gasteiger partial charge in [-0.25, -0.2) is 0 Å². The van der Waals surface area contributed by atoms with Crippen molar-refractivity contribution in [3.63, 3.8) is 0 Å². The second kappa shape index (κ2) is 6.39. The van der Waals surface area contributed by atoms with Gasteiger partial charge in [0.25, 0.3) is 0 Å². The van der Waals surface area contributed by atoms with Crippen molar-refractivity contribution in [2.45, 2.75) is 32.5 Å². The highest BCUT2D eigenvalue weighted by Gasteiger charge is 2.30. The molecule has 0 bridgehead atoms. The maximum Gasteiger partial charge on any atom is 0.391 e. The third-order valence-electron chi connectivity index (χ3n) is 2.03. The van der Waals surface area contributed by atoms with Crippen LogP contribution in [0.15, 0.2) is 0 Å². The Bertz CT molecular complexity index is 413. The van der Waals surface area contributed by atoms with E-state index in [1.165, 1.54) is 6.92 Å². The van der Waals surface area contributed by atoms with Crippen LogP contribution >= 0.6 is 0 Å². The first-order chi connectivity index (χ1) is 8.84. The van der Waals surface area contributed by atoms with Crippen LogP contribution in [0.3, 0.4) is 0 Å². The number of rotatable bonds is 6. The van der Waals surface area contributed by atoms with Gasteiger partial charge in [0.05, 0.1) is 13.0 Å². The largest absolute Gasteiger partial charge is 0.464 e. The number of hydrogen-bond donors (Lipinski definition) is 2. The Morgan fingerprint density at radius 3 is 2.37 bits per heavy atom. The second-order valence-electron chi connectivity index (χ2n) is 3.81. The summed E-state index contributed by atoms with van der Waals surface area (Å²) in [7, 11) is 1.59. The molecule has 1 aromatic rings. The molecule has 6 nitrogen and oxygen atoms in total. The Kier molecular flexibility index (Phi) is 5.13. The van der Waals surface area contributed by atoms with Crippen molar-refractivity contribution in [2.24, 2.45) is 0 Å². The molecule has 0 amide bonds. The maximum absolute atomic E-state index is 12.2. The molecule has 1 atom stereocenters. The molecule has 1 rings (SSSR count). The van der Waals surface area contributed by atoms with E-state index in [2.05, 4.69) is 25.6 Å². The van der Waals surface area contributed by atoms with Gasteiger partial charge in [-0.1, -0.05) is 0 Å². The Morgan fingerprint density at radius 1 is 1.21 bits per heavy atom. The molecule has 0 aliphatic heterocycles. The number of anilines is 2. The number of hydrogen-bond acceptors (Lipinski definition) is 6. The molecule has 0 radical (unpaired) electrons. The lowest BCUT2D eigenvalue weighted by Gasteiger charge is -2.16. The molecule has 108 valence electrons. The predicted octanol–water partition coefficient (Wildman–Crippen LogP) is 2.06. The summed E-state index contributed by atoms with van der Waals surface area (Å²) in [6, 6.07) is -0.787. The van der Waals surface area contributed by atoms with Gasteiger partial charge in [-0.2, -0.15) is 28.1 Å². The van der Waals surface area contributed by atoms with Crippen LogP contribution in [0.2, 0.25) is 0 Å². The molecule has 1 aromatic heterocycles. The molecular formula is C10H16F3N5O. The van der Waals surface area contributed by atoms with E-state index in [1.807, 2.05) is 0 Å². The van der Waals surface area contributed by atoms with Crippen LogP contribution in [0.25, 0.3) is 0 Å². The monoisotopic (exact) mass is 279 g/mol. The van der Waals surface area contributed by atoms with Crippen LogP contribution in [0.5, 0.6) is 6.01 Å². The summed E-state index contributed by atoms with van der Waals surface area (Å²) in [6.07, 6.45) is -5.22. The zero-order chi connectivity index (χ0) is 14.5. The standard InChI is InChI=1S/C10H16F3N5O/c1-4-19-9-17-7(14-3)16-8(18-9)15-6(2)5-10(11,12)13/h6H,4-5H2,1-3H3,(H2,14,15,16,17,18). The van der Waals surface area contributed by atoms with Crippen molar-refractivity contribution < 1.29 is 17.9 Å². The van der Waals surface area contributed by atoms with Crippen LogP contribution in [-0.2, 0) is 0 Å². The van der Waals surface area contributed by atoms with Gasteiger partial charge in [-0.3, -0.25) is 0 Å². The van der Waals surface area contributed by atoms with Crippen LogP contribution in [0.1, 0.15) is 20.3 Å². The van der Waals surface area contributed by atoms with E-state index in [9.17, 15) is 13.2 Å². The van der Waals surface area contributed by atoms with E-state index in [4.69, 9.17) is 4.74 Å². The van der Waals surface area contributed by atoms with E-state index >= 15 is 0 Å². The molecule has 2 N–H and O–H groups in total. The van der Waals surface area contributed by atoms with E-state index in [1.54, 1.807) is 14.0 Å². The van der Waals surface area contributed by atoms with Gasteiger partial charge in [-0.15, -0.1) is 0 Å². The van der Waals surface area contributed by atoms with E-state index in [0.29, 0.717) is 6.61 Å². The van der Waals surface area contributed by atoms with Gasteiger partial charge in [0.2, 0.25) is 11.9 Å². The number of nitrogens with one attached hydrogen (secondary N) is 2. The summed E-state index contributed by atoms with van der Waals surface area (Å²) < 4.78 is 41.8. The number of halogens is 3. The van der Waals surface area contributed by atoms with Gasteiger partial charge in [0.1, 0.15) is 0 Å². The van der Waals surface area contributed by atoms with E-state index < -0.39 is 18.6 Å². The summed E-state index contributed by atoms with van der Waals surface area (Å²) in [6.45, 7) is 3.50. The summed E-state index contributed by atoms with van der Waals surface area (Å²) in [5, 5.41) is 5.25. The van der Waals surface area contributed by atoms with Gasteiger partial charge in [0.15, 0.2) is 0 Å². The highest BCUT2D eigenvalue weighted by atomic mass is 19.4. The fraction of sp³-hybridized carbons (Fsp3) is 0.700. The van der Waals surface area contributed by atoms with E-state index in [-0.39, 0.29) is 17.9 Å². The number of alkyl halides is 3. The molecule has 0 aliphatic rings. The third kappa shape index (κ3) is 5.58. The topological polar surface area (TPSA) is 72.0 Å². The molecule has 0 fully saturated rings. The molecule has 0 saturated heterocycles. The van der Waals surface area contributed by atoms with Crippen molar-refractivity contribution >= 4 is 11.9 Å². The highest BCUT2D eigenvalue weighted by molar-refractivity contribution is 5.35. The number of ether oxygens (including phenoxy) is 1. The minimum absolute atomic E-state index is 0.0413. The van der Waals surface area contributed by atoms with Crippen molar-refractivity contribution in [1.29, 1.82) is 0 Å². The van der Waals surface area contributed by atoms with Crippen LogP contribution in [0.4, 0.5) is 25.1 Å². The fourth-order valence-corrected chi connectivity index (χ4v) is 1.35. The van der Waals surface area contributed by atoms with Gasteiger partial charge < -0.3 is 15.4 Å². The Hall–Kier alpha value is -1.80. The average Bonchev–Trinajstić information content (AvgIpc) is 2.26. The first-order valence-corrected chi connectivity index (χ1v) is 5.74. The van der Waals surface area contributed by atoms with Crippen LogP contribution < -0.4 is 15.4 Å². The lowest BCUT2D eigenvalue weighted by atomic mass is 10.2. The van der Waals surface area contributed by atoms with Crippen molar-refractivity contribution in [3.05, 3.63) is 0 Å². The zero-order valence-corrected chi connectivity index (χ0v) is 10.9. The third-order valence-corrected chi connectivity index (χ3v) is 2.03. The summed E-state index contributed by atoms with van der Waals surface area (Å²) in [5.41, 5.74) is 0. The van der Waals surface area contributed by atoms with E-state index in [0.717, 1.165) is 0 Å². The Labute approximate surface area is 108 Å². The molecule has 9 heteroatoms. The lowest BCUT2D eigenvalue weighted by Crippen LogP contribution is -2.25. The maximum atomic E-state index is 12.2. The SMILES string of the molecule is CCOc1nc(NC)nc(NC(C)CC(F)(F)F)n1. The molecule has 1 unspecified atom stereocenters. The molecule has 0 spiro atoms. The minimum atomic E-state index is -4.24. The smallest absolute Gasteiger partial charge is 0.391 e. The molecule has 0 aliphatic carbocycles. The summed E-state index contributed by atoms with van der Waals surface area (Å²) >= 11 is 0. The molecule has 0 saturated carbocycles. The van der Waals surface area contributed by atoms with Crippen molar-refractivity contribution in [2.75, 3.05) is 24.3 Å². The second-order valence-corrected chi connectivity index (χ2v) is 3.81. The fourth-order valence-electron chi connectivity index (χ4n) is 1.35. The van der Waals surface area contributed by atoms with Gasteiger partial charge >= 0.3 is 12.2 Å². The molecule has 0 aromatic carbocycles. The number of aromatic nitrogens is 3. The molecule has 1 heterocycles. The zero-order valence-electron chi connectivity index (χ0n) is 10.9. The summed E-state index contributed by atoms with van der Waals surface area (Å²) in [4.78, 5) is 11.7. The van der Waals surface area contributed by atoms with Gasteiger partial charge in [0, 0.05) is 13.1 Å². The first-order valence-electron chi connectivity index (χ1n) is 5.74. The predicted molar refractivity (Wildman–Crippen MR) is 64.3 cm³/mol. The lowest BCUT2D eigenvalue weighted by molar-refractivity contribution is -0.136. The Balaban J connectivity index is 2.79. The number of nitrogens with zero attached hydrogens (tertiary/aromatic N) is 3. The van der Waals surface area contributed by atoms with Crippen LogP contribution in [-0.4, -0.2) is 40.8 Å². The quantitative estimate of drug-likeness (QED) is 0.830. The molecular weight excluding hydrogens is 263 g/mol. The van der Waals surface area contributed by atoms with Crippen LogP contribution in [0, 0.1) is 0 Å². The normalized spacial score (nSPS) is 12.9. The first kappa shape index (κ1) is 15.3. The summed E-state index contributed by atoms with van der Waals surface area (Å²) in [5.74, 6) is 0.264. The average molecular weight is 279 g/mol.